The van der Waals surface area contributed by atoms with E-state index in [-0.39, 0.29) is 6.03 Å². The third-order valence-corrected chi connectivity index (χ3v) is 3.62. The largest absolute Gasteiger partial charge is 0.337 e. The number of hydrogen-bond donors (Lipinski definition) is 1. The Hall–Kier alpha value is -3.14. The number of carbonyl (C=O) groups excluding carboxylic acids is 1. The molecular formula is C20H19N3O. The van der Waals surface area contributed by atoms with Crippen molar-refractivity contribution in [2.24, 2.45) is 0 Å². The lowest BCUT2D eigenvalue weighted by Crippen LogP contribution is -2.38. The molecule has 0 bridgehead atoms. The van der Waals surface area contributed by atoms with Crippen LogP contribution in [0.5, 0.6) is 0 Å². The topological polar surface area (TPSA) is 45.2 Å². The molecule has 0 radical (unpaired) electrons. The normalized spacial score (nSPS) is 10.2. The number of aromatic nitrogens is 1. The molecule has 2 aromatic carbocycles. The van der Waals surface area contributed by atoms with Crippen molar-refractivity contribution < 1.29 is 4.79 Å². The molecule has 2 amide bonds. The Kier molecular flexibility index (Phi) is 5.20. The summed E-state index contributed by atoms with van der Waals surface area (Å²) in [4.78, 5) is 18.7. The van der Waals surface area contributed by atoms with E-state index in [0.29, 0.717) is 13.0 Å². The Morgan fingerprint density at radius 3 is 1.96 bits per heavy atom. The van der Waals surface area contributed by atoms with Crippen molar-refractivity contribution >= 4 is 17.4 Å². The lowest BCUT2D eigenvalue weighted by Gasteiger charge is -2.23. The Bertz CT molecular complexity index is 721. The van der Waals surface area contributed by atoms with Crippen molar-refractivity contribution in [3.05, 3.63) is 90.8 Å². The third-order valence-electron chi connectivity index (χ3n) is 3.62. The van der Waals surface area contributed by atoms with Gasteiger partial charge < -0.3 is 5.32 Å². The first-order chi connectivity index (χ1) is 11.8. The Morgan fingerprint density at radius 2 is 1.42 bits per heavy atom. The van der Waals surface area contributed by atoms with E-state index in [1.807, 2.05) is 78.9 Å². The number of carbonyl (C=O) groups is 1. The van der Waals surface area contributed by atoms with Gasteiger partial charge in [-0.15, -0.1) is 0 Å². The van der Waals surface area contributed by atoms with Crippen LogP contribution in [0, 0.1) is 0 Å². The molecule has 0 aliphatic carbocycles. The van der Waals surface area contributed by atoms with E-state index in [4.69, 9.17) is 0 Å². The minimum absolute atomic E-state index is 0.150. The molecule has 3 aromatic rings. The fourth-order valence-electron chi connectivity index (χ4n) is 2.46. The van der Waals surface area contributed by atoms with Gasteiger partial charge in [0.15, 0.2) is 0 Å². The monoisotopic (exact) mass is 317 g/mol. The van der Waals surface area contributed by atoms with Crippen LogP contribution in [-0.4, -0.2) is 17.6 Å². The van der Waals surface area contributed by atoms with Gasteiger partial charge in [0.25, 0.3) is 0 Å². The molecule has 4 heteroatoms. The predicted molar refractivity (Wildman–Crippen MR) is 96.4 cm³/mol. The molecule has 0 aliphatic heterocycles. The highest BCUT2D eigenvalue weighted by molar-refractivity contribution is 5.99. The molecule has 0 spiro atoms. The summed E-state index contributed by atoms with van der Waals surface area (Å²) >= 11 is 0. The van der Waals surface area contributed by atoms with E-state index >= 15 is 0 Å². The molecule has 120 valence electrons. The van der Waals surface area contributed by atoms with Crippen LogP contribution in [-0.2, 0) is 6.42 Å². The number of urea groups is 1. The average molecular weight is 317 g/mol. The second-order valence-corrected chi connectivity index (χ2v) is 5.31. The highest BCUT2D eigenvalue weighted by Gasteiger charge is 2.17. The first-order valence-electron chi connectivity index (χ1n) is 7.92. The quantitative estimate of drug-likeness (QED) is 0.767. The highest BCUT2D eigenvalue weighted by Crippen LogP contribution is 2.24. The Morgan fingerprint density at radius 1 is 0.833 bits per heavy atom. The summed E-state index contributed by atoms with van der Waals surface area (Å²) in [5.41, 5.74) is 2.63. The highest BCUT2D eigenvalue weighted by atomic mass is 16.2. The minimum Gasteiger partial charge on any atom is -0.337 e. The van der Waals surface area contributed by atoms with E-state index in [0.717, 1.165) is 17.1 Å². The number of anilines is 2. The number of nitrogens with one attached hydrogen (secondary N) is 1. The molecule has 0 unspecified atom stereocenters. The van der Waals surface area contributed by atoms with Gasteiger partial charge in [0.1, 0.15) is 0 Å². The summed E-state index contributed by atoms with van der Waals surface area (Å²) in [5.74, 6) is 0. The fourth-order valence-corrected chi connectivity index (χ4v) is 2.46. The van der Waals surface area contributed by atoms with Gasteiger partial charge in [-0.3, -0.25) is 9.88 Å². The van der Waals surface area contributed by atoms with E-state index in [1.165, 1.54) is 0 Å². The molecule has 0 saturated carbocycles. The van der Waals surface area contributed by atoms with E-state index in [9.17, 15) is 4.79 Å². The fraction of sp³-hybridized carbons (Fsp3) is 0.100. The zero-order chi connectivity index (χ0) is 16.6. The van der Waals surface area contributed by atoms with Crippen LogP contribution in [0.1, 0.15) is 5.69 Å². The summed E-state index contributed by atoms with van der Waals surface area (Å²) in [6.45, 7) is 0.534. The van der Waals surface area contributed by atoms with Crippen molar-refractivity contribution in [2.45, 2.75) is 6.42 Å². The number of benzene rings is 2. The number of pyridine rings is 1. The van der Waals surface area contributed by atoms with Crippen LogP contribution in [0.15, 0.2) is 85.1 Å². The van der Waals surface area contributed by atoms with Crippen LogP contribution in [0.2, 0.25) is 0 Å². The summed E-state index contributed by atoms with van der Waals surface area (Å²) in [6.07, 6.45) is 2.46. The van der Waals surface area contributed by atoms with Crippen LogP contribution in [0.25, 0.3) is 0 Å². The molecule has 1 aromatic heterocycles. The molecule has 1 heterocycles. The van der Waals surface area contributed by atoms with Crippen LogP contribution in [0.3, 0.4) is 0 Å². The van der Waals surface area contributed by atoms with Gasteiger partial charge >= 0.3 is 6.03 Å². The molecule has 0 fully saturated rings. The minimum atomic E-state index is -0.150. The number of amides is 2. The summed E-state index contributed by atoms with van der Waals surface area (Å²) in [5, 5.41) is 2.98. The number of hydrogen-bond acceptors (Lipinski definition) is 2. The maximum Gasteiger partial charge on any atom is 0.326 e. The summed E-state index contributed by atoms with van der Waals surface area (Å²) in [7, 11) is 0. The Balaban J connectivity index is 1.72. The molecule has 0 aliphatic rings. The maximum atomic E-state index is 12.7. The molecule has 1 N–H and O–H groups in total. The summed E-state index contributed by atoms with van der Waals surface area (Å²) < 4.78 is 0. The van der Waals surface area contributed by atoms with Gasteiger partial charge in [-0.05, 0) is 36.4 Å². The zero-order valence-electron chi connectivity index (χ0n) is 13.3. The van der Waals surface area contributed by atoms with E-state index in [2.05, 4.69) is 10.3 Å². The lowest BCUT2D eigenvalue weighted by molar-refractivity contribution is 0.248. The van der Waals surface area contributed by atoms with Crippen molar-refractivity contribution in [1.82, 2.24) is 10.3 Å². The van der Waals surface area contributed by atoms with Crippen LogP contribution in [0.4, 0.5) is 16.2 Å². The number of rotatable bonds is 5. The van der Waals surface area contributed by atoms with Gasteiger partial charge in [-0.25, -0.2) is 4.79 Å². The number of para-hydroxylation sites is 2. The van der Waals surface area contributed by atoms with Crippen molar-refractivity contribution in [2.75, 3.05) is 11.4 Å². The SMILES string of the molecule is O=C(NCCc1ccccn1)N(c1ccccc1)c1ccccc1. The van der Waals surface area contributed by atoms with Crippen LogP contribution >= 0.6 is 0 Å². The standard InChI is InChI=1S/C20H19N3O/c24-20(22-16-14-17-9-7-8-15-21-17)23(18-10-3-1-4-11-18)19-12-5-2-6-13-19/h1-13,15H,14,16H2,(H,22,24). The number of nitrogens with zero attached hydrogens (tertiary/aromatic N) is 2. The first-order valence-corrected chi connectivity index (χ1v) is 7.92. The van der Waals surface area contributed by atoms with E-state index < -0.39 is 0 Å². The van der Waals surface area contributed by atoms with Gasteiger partial charge in [-0.1, -0.05) is 42.5 Å². The zero-order valence-corrected chi connectivity index (χ0v) is 13.3. The molecule has 0 saturated heterocycles. The second-order valence-electron chi connectivity index (χ2n) is 5.31. The molecule has 0 atom stereocenters. The van der Waals surface area contributed by atoms with Gasteiger partial charge in [-0.2, -0.15) is 0 Å². The van der Waals surface area contributed by atoms with Crippen molar-refractivity contribution in [3.63, 3.8) is 0 Å². The van der Waals surface area contributed by atoms with Gasteiger partial charge in [0, 0.05) is 24.9 Å². The molecule has 24 heavy (non-hydrogen) atoms. The van der Waals surface area contributed by atoms with Crippen molar-refractivity contribution in [1.29, 1.82) is 0 Å². The smallest absolute Gasteiger partial charge is 0.326 e. The first kappa shape index (κ1) is 15.7. The van der Waals surface area contributed by atoms with E-state index in [1.54, 1.807) is 11.1 Å². The summed E-state index contributed by atoms with van der Waals surface area (Å²) in [6, 6.07) is 24.9. The van der Waals surface area contributed by atoms with Crippen LogP contribution < -0.4 is 10.2 Å². The third kappa shape index (κ3) is 3.98. The Labute approximate surface area is 141 Å². The second kappa shape index (κ2) is 7.92. The lowest BCUT2D eigenvalue weighted by atomic mass is 10.2. The molecule has 3 rings (SSSR count). The predicted octanol–water partition coefficient (Wildman–Crippen LogP) is 4.17. The van der Waals surface area contributed by atoms with Crippen molar-refractivity contribution in [3.8, 4) is 0 Å². The molecular weight excluding hydrogens is 298 g/mol. The maximum absolute atomic E-state index is 12.7. The van der Waals surface area contributed by atoms with Gasteiger partial charge in [0.2, 0.25) is 0 Å². The van der Waals surface area contributed by atoms with Gasteiger partial charge in [0.05, 0.1) is 11.4 Å². The average Bonchev–Trinajstić information content (AvgIpc) is 2.65. The molecule has 4 nitrogen and oxygen atoms in total.